The molecule has 1 aliphatic heterocycles. The summed E-state index contributed by atoms with van der Waals surface area (Å²) in [6, 6.07) is 8.11. The third-order valence-electron chi connectivity index (χ3n) is 3.98. The van der Waals surface area contributed by atoms with Crippen LogP contribution in [0, 0.1) is 5.92 Å². The van der Waals surface area contributed by atoms with Crippen LogP contribution >= 0.6 is 11.8 Å². The number of methoxy groups -OCH3 is 1. The number of benzene rings is 1. The molecule has 2 rings (SSSR count). The second-order valence-electron chi connectivity index (χ2n) is 5.81. The van der Waals surface area contributed by atoms with Gasteiger partial charge in [-0.2, -0.15) is 11.8 Å². The van der Waals surface area contributed by atoms with Crippen LogP contribution < -0.4 is 10.1 Å². The molecule has 0 amide bonds. The second kappa shape index (κ2) is 8.32. The zero-order valence-electron chi connectivity index (χ0n) is 14.0. The van der Waals surface area contributed by atoms with E-state index in [-0.39, 0.29) is 0 Å². The van der Waals surface area contributed by atoms with Crippen LogP contribution in [0.15, 0.2) is 29.3 Å². The summed E-state index contributed by atoms with van der Waals surface area (Å²) in [5.74, 6) is 3.76. The Balaban J connectivity index is 1.98. The zero-order chi connectivity index (χ0) is 15.9. The van der Waals surface area contributed by atoms with Crippen molar-refractivity contribution in [3.63, 3.8) is 0 Å². The van der Waals surface area contributed by atoms with Gasteiger partial charge in [-0.15, -0.1) is 0 Å². The van der Waals surface area contributed by atoms with E-state index in [1.54, 1.807) is 7.11 Å². The predicted molar refractivity (Wildman–Crippen MR) is 95.8 cm³/mol. The van der Waals surface area contributed by atoms with Crippen LogP contribution in [-0.4, -0.2) is 49.1 Å². The fourth-order valence-electron chi connectivity index (χ4n) is 2.63. The van der Waals surface area contributed by atoms with Gasteiger partial charge in [-0.3, -0.25) is 4.99 Å². The molecule has 1 fully saturated rings. The molecule has 22 heavy (non-hydrogen) atoms. The van der Waals surface area contributed by atoms with Crippen molar-refractivity contribution in [3.05, 3.63) is 29.8 Å². The van der Waals surface area contributed by atoms with Gasteiger partial charge in [-0.05, 0) is 12.0 Å². The van der Waals surface area contributed by atoms with E-state index < -0.39 is 0 Å². The highest BCUT2D eigenvalue weighted by molar-refractivity contribution is 8.00. The molecule has 1 N–H and O–H groups in total. The minimum atomic E-state index is 0.679. The van der Waals surface area contributed by atoms with Crippen molar-refractivity contribution >= 4 is 17.7 Å². The molecule has 0 saturated carbocycles. The van der Waals surface area contributed by atoms with Crippen LogP contribution in [0.1, 0.15) is 19.4 Å². The van der Waals surface area contributed by atoms with E-state index in [1.165, 1.54) is 0 Å². The van der Waals surface area contributed by atoms with E-state index in [9.17, 15) is 0 Å². The fraction of sp³-hybridized carbons (Fsp3) is 0.588. The lowest BCUT2D eigenvalue weighted by Gasteiger charge is -2.36. The van der Waals surface area contributed by atoms with E-state index >= 15 is 0 Å². The van der Waals surface area contributed by atoms with Crippen molar-refractivity contribution < 1.29 is 4.74 Å². The first-order valence-electron chi connectivity index (χ1n) is 7.84. The highest BCUT2D eigenvalue weighted by atomic mass is 32.2. The van der Waals surface area contributed by atoms with Gasteiger partial charge < -0.3 is 15.0 Å². The molecule has 0 radical (unpaired) electrons. The van der Waals surface area contributed by atoms with Crippen LogP contribution in [0.5, 0.6) is 5.75 Å². The predicted octanol–water partition coefficient (Wildman–Crippen LogP) is 2.84. The van der Waals surface area contributed by atoms with Gasteiger partial charge in [0.15, 0.2) is 5.96 Å². The Morgan fingerprint density at radius 1 is 1.45 bits per heavy atom. The normalized spacial score (nSPS) is 19.4. The number of nitrogens with zero attached hydrogens (tertiary/aromatic N) is 2. The van der Waals surface area contributed by atoms with Crippen LogP contribution in [0.4, 0.5) is 0 Å². The molecule has 1 aromatic rings. The first-order valence-corrected chi connectivity index (χ1v) is 8.89. The van der Waals surface area contributed by atoms with Crippen LogP contribution in [0.2, 0.25) is 0 Å². The Bertz CT molecular complexity index is 504. The maximum atomic E-state index is 5.41. The molecular weight excluding hydrogens is 294 g/mol. The molecule has 5 heteroatoms. The number of thioether (sulfide) groups is 1. The number of rotatable bonds is 4. The molecule has 0 aliphatic carbocycles. The van der Waals surface area contributed by atoms with Crippen molar-refractivity contribution in [2.24, 2.45) is 10.9 Å². The standard InChI is InChI=1S/C17H27N3OS/c1-13(2)16-12-20(9-10-22-16)17(18-3)19-11-14-7-5-6-8-15(14)21-4/h5-8,13,16H,9-12H2,1-4H3,(H,18,19). The topological polar surface area (TPSA) is 36.9 Å². The highest BCUT2D eigenvalue weighted by Gasteiger charge is 2.24. The number of aliphatic imine (C=N–C) groups is 1. The lowest BCUT2D eigenvalue weighted by atomic mass is 10.1. The minimum Gasteiger partial charge on any atom is -0.496 e. The van der Waals surface area contributed by atoms with E-state index in [2.05, 4.69) is 46.9 Å². The molecular formula is C17H27N3OS. The first kappa shape index (κ1) is 17.0. The van der Waals surface area contributed by atoms with Gasteiger partial charge in [0.2, 0.25) is 0 Å². The van der Waals surface area contributed by atoms with E-state index in [1.807, 2.05) is 25.2 Å². The number of ether oxygens (including phenoxy) is 1. The third-order valence-corrected chi connectivity index (χ3v) is 5.52. The fourth-order valence-corrected chi connectivity index (χ4v) is 3.93. The summed E-state index contributed by atoms with van der Waals surface area (Å²) in [5.41, 5.74) is 1.15. The molecule has 1 aliphatic rings. The smallest absolute Gasteiger partial charge is 0.193 e. The Morgan fingerprint density at radius 2 is 2.23 bits per heavy atom. The Morgan fingerprint density at radius 3 is 2.91 bits per heavy atom. The summed E-state index contributed by atoms with van der Waals surface area (Å²) in [6.45, 7) is 7.44. The molecule has 1 heterocycles. The van der Waals surface area contributed by atoms with Crippen molar-refractivity contribution in [3.8, 4) is 5.75 Å². The van der Waals surface area contributed by atoms with Gasteiger partial charge in [0, 0.05) is 43.2 Å². The summed E-state index contributed by atoms with van der Waals surface area (Å²) in [5, 5.41) is 4.16. The first-order chi connectivity index (χ1) is 10.7. The monoisotopic (exact) mass is 321 g/mol. The van der Waals surface area contributed by atoms with E-state index in [0.29, 0.717) is 11.2 Å². The van der Waals surface area contributed by atoms with Crippen molar-refractivity contribution in [2.45, 2.75) is 25.6 Å². The van der Waals surface area contributed by atoms with Gasteiger partial charge in [-0.1, -0.05) is 32.0 Å². The van der Waals surface area contributed by atoms with Gasteiger partial charge in [0.1, 0.15) is 5.75 Å². The van der Waals surface area contributed by atoms with Crippen molar-refractivity contribution in [2.75, 3.05) is 33.0 Å². The second-order valence-corrected chi connectivity index (χ2v) is 7.16. The molecule has 122 valence electrons. The summed E-state index contributed by atoms with van der Waals surface area (Å²) in [4.78, 5) is 6.83. The Labute approximate surface area is 138 Å². The number of guanidine groups is 1. The molecule has 0 spiro atoms. The quantitative estimate of drug-likeness (QED) is 0.683. The van der Waals surface area contributed by atoms with Crippen LogP contribution in [0.3, 0.4) is 0 Å². The third kappa shape index (κ3) is 4.32. The van der Waals surface area contributed by atoms with E-state index in [4.69, 9.17) is 4.74 Å². The number of para-hydroxylation sites is 1. The minimum absolute atomic E-state index is 0.679. The van der Waals surface area contributed by atoms with Crippen LogP contribution in [-0.2, 0) is 6.54 Å². The van der Waals surface area contributed by atoms with Crippen LogP contribution in [0.25, 0.3) is 0 Å². The van der Waals surface area contributed by atoms with Gasteiger partial charge in [0.25, 0.3) is 0 Å². The SMILES string of the molecule is CN=C(NCc1ccccc1OC)N1CCSC(C(C)C)C1. The maximum absolute atomic E-state index is 5.41. The summed E-state index contributed by atoms with van der Waals surface area (Å²) >= 11 is 2.08. The summed E-state index contributed by atoms with van der Waals surface area (Å²) in [6.07, 6.45) is 0. The average Bonchev–Trinajstić information content (AvgIpc) is 2.56. The number of nitrogens with one attached hydrogen (secondary N) is 1. The van der Waals surface area contributed by atoms with Gasteiger partial charge >= 0.3 is 0 Å². The van der Waals surface area contributed by atoms with Gasteiger partial charge in [-0.25, -0.2) is 0 Å². The largest absolute Gasteiger partial charge is 0.496 e. The molecule has 1 atom stereocenters. The summed E-state index contributed by atoms with van der Waals surface area (Å²) in [7, 11) is 3.57. The average molecular weight is 321 g/mol. The molecule has 0 aromatic heterocycles. The van der Waals surface area contributed by atoms with E-state index in [0.717, 1.165) is 42.7 Å². The maximum Gasteiger partial charge on any atom is 0.193 e. The molecule has 0 bridgehead atoms. The zero-order valence-corrected chi connectivity index (χ0v) is 14.8. The molecule has 1 unspecified atom stereocenters. The summed E-state index contributed by atoms with van der Waals surface area (Å²) < 4.78 is 5.41. The lowest BCUT2D eigenvalue weighted by molar-refractivity contribution is 0.379. The Kier molecular flexibility index (Phi) is 6.43. The van der Waals surface area contributed by atoms with Crippen molar-refractivity contribution in [1.82, 2.24) is 10.2 Å². The Hall–Kier alpha value is -1.36. The highest BCUT2D eigenvalue weighted by Crippen LogP contribution is 2.25. The van der Waals surface area contributed by atoms with Crippen molar-refractivity contribution in [1.29, 1.82) is 0 Å². The molecule has 1 saturated heterocycles. The number of hydrogen-bond donors (Lipinski definition) is 1. The molecule has 4 nitrogen and oxygen atoms in total. The number of hydrogen-bond acceptors (Lipinski definition) is 3. The van der Waals surface area contributed by atoms with Gasteiger partial charge in [0.05, 0.1) is 7.11 Å². The molecule has 1 aromatic carbocycles. The lowest BCUT2D eigenvalue weighted by Crippen LogP contribution is -2.48.